The molecule has 43 heavy (non-hydrogen) atoms. The number of nitrogens with one attached hydrogen (secondary N) is 1. The second-order valence-corrected chi connectivity index (χ2v) is 11.7. The Hall–Kier alpha value is -3.36. The largest absolute Gasteiger partial charge is 0.391 e. The quantitative estimate of drug-likeness (QED) is 0.211. The van der Waals surface area contributed by atoms with Crippen LogP contribution in [0.3, 0.4) is 0 Å². The Bertz CT molecular complexity index is 1250. The molecule has 2 amide bonds. The number of aliphatic hydroxyl groups is 1. The predicted octanol–water partition coefficient (Wildman–Crippen LogP) is 5.49. The molecule has 4 N–H and O–H groups in total. The molecule has 234 valence electrons. The van der Waals surface area contributed by atoms with Gasteiger partial charge < -0.3 is 21.1 Å². The van der Waals surface area contributed by atoms with Crippen LogP contribution in [0.25, 0.3) is 0 Å². The molecule has 0 saturated carbocycles. The van der Waals surface area contributed by atoms with Gasteiger partial charge in [-0.25, -0.2) is 8.78 Å². The number of allylic oxidation sites excluding steroid dienone is 2. The van der Waals surface area contributed by atoms with Crippen molar-refractivity contribution < 1.29 is 23.5 Å². The van der Waals surface area contributed by atoms with Gasteiger partial charge >= 0.3 is 0 Å². The first kappa shape index (κ1) is 34.1. The summed E-state index contributed by atoms with van der Waals surface area (Å²) in [5.41, 5.74) is 7.36. The number of rotatable bonds is 17. The molecular formula is C35H47F2N3O3. The van der Waals surface area contributed by atoms with Gasteiger partial charge in [0.25, 0.3) is 0 Å². The first-order valence-corrected chi connectivity index (χ1v) is 15.5. The van der Waals surface area contributed by atoms with Crippen LogP contribution in [0.5, 0.6) is 0 Å². The highest BCUT2D eigenvalue weighted by Crippen LogP contribution is 2.44. The number of benzene rings is 2. The number of amides is 2. The summed E-state index contributed by atoms with van der Waals surface area (Å²) in [4.78, 5) is 28.8. The number of unbranched alkanes of at least 4 members (excludes halogenated alkanes) is 1. The van der Waals surface area contributed by atoms with Gasteiger partial charge in [0.1, 0.15) is 11.6 Å². The van der Waals surface area contributed by atoms with Crippen molar-refractivity contribution >= 4 is 11.8 Å². The molecule has 0 bridgehead atoms. The number of primary amides is 1. The number of carbonyl (C=O) groups excluding carboxylic acids is 2. The Morgan fingerprint density at radius 1 is 1.02 bits per heavy atom. The van der Waals surface area contributed by atoms with Crippen LogP contribution in [0.1, 0.15) is 64.0 Å². The van der Waals surface area contributed by atoms with Crippen LogP contribution in [-0.2, 0) is 22.4 Å². The van der Waals surface area contributed by atoms with E-state index in [0.29, 0.717) is 36.3 Å². The number of hydrogen-bond donors (Lipinski definition) is 3. The second kappa shape index (κ2) is 16.5. The van der Waals surface area contributed by atoms with Crippen molar-refractivity contribution in [3.63, 3.8) is 0 Å². The van der Waals surface area contributed by atoms with Gasteiger partial charge in [0.05, 0.1) is 11.5 Å². The average molecular weight is 596 g/mol. The second-order valence-electron chi connectivity index (χ2n) is 11.7. The number of aliphatic hydroxyl groups excluding tert-OH is 1. The normalized spacial score (nSPS) is 18.0. The molecule has 1 aliphatic carbocycles. The van der Waals surface area contributed by atoms with E-state index in [9.17, 15) is 23.5 Å². The van der Waals surface area contributed by atoms with Gasteiger partial charge in [-0.3, -0.25) is 9.59 Å². The molecule has 1 unspecified atom stereocenters. The maximum atomic E-state index is 14.2. The molecule has 2 aromatic carbocycles. The van der Waals surface area contributed by atoms with E-state index in [1.807, 2.05) is 32.0 Å². The lowest BCUT2D eigenvalue weighted by Crippen LogP contribution is -2.52. The van der Waals surface area contributed by atoms with E-state index in [2.05, 4.69) is 17.4 Å². The van der Waals surface area contributed by atoms with Crippen LogP contribution in [0.15, 0.2) is 71.8 Å². The number of nitrogens with zero attached hydrogens (tertiary/aromatic N) is 1. The summed E-state index contributed by atoms with van der Waals surface area (Å²) in [6.45, 7) is 7.77. The third-order valence-electron chi connectivity index (χ3n) is 8.15. The number of aryl methyl sites for hydroxylation is 1. The molecule has 6 nitrogen and oxygen atoms in total. The van der Waals surface area contributed by atoms with Gasteiger partial charge in [0.2, 0.25) is 11.8 Å². The fourth-order valence-corrected chi connectivity index (χ4v) is 6.17. The van der Waals surface area contributed by atoms with E-state index in [1.165, 1.54) is 17.7 Å². The number of nitrogens with two attached hydrogens (primary N) is 1. The third-order valence-corrected chi connectivity index (χ3v) is 8.15. The maximum Gasteiger partial charge on any atom is 0.249 e. The lowest BCUT2D eigenvalue weighted by Gasteiger charge is -2.42. The van der Waals surface area contributed by atoms with Crippen molar-refractivity contribution in [2.45, 2.75) is 71.8 Å². The van der Waals surface area contributed by atoms with E-state index in [4.69, 9.17) is 5.73 Å². The van der Waals surface area contributed by atoms with Crippen LogP contribution in [0.4, 0.5) is 8.78 Å². The van der Waals surface area contributed by atoms with Crippen LogP contribution >= 0.6 is 0 Å². The Morgan fingerprint density at radius 3 is 2.28 bits per heavy atom. The number of carbonyl (C=O) groups is 2. The van der Waals surface area contributed by atoms with Gasteiger partial charge in [-0.2, -0.15) is 0 Å². The minimum absolute atomic E-state index is 0.000957. The summed E-state index contributed by atoms with van der Waals surface area (Å²) in [5, 5.41) is 14.9. The summed E-state index contributed by atoms with van der Waals surface area (Å²) < 4.78 is 28.4. The molecule has 0 spiro atoms. The zero-order chi connectivity index (χ0) is 31.4. The molecule has 0 heterocycles. The highest BCUT2D eigenvalue weighted by Gasteiger charge is 2.48. The van der Waals surface area contributed by atoms with Gasteiger partial charge in [-0.1, -0.05) is 61.9 Å². The first-order chi connectivity index (χ1) is 20.6. The third kappa shape index (κ3) is 9.57. The van der Waals surface area contributed by atoms with E-state index < -0.39 is 35.0 Å². The Labute approximate surface area is 255 Å². The molecule has 0 radical (unpaired) electrons. The van der Waals surface area contributed by atoms with E-state index in [-0.39, 0.29) is 25.3 Å². The zero-order valence-electron chi connectivity index (χ0n) is 25.8. The number of hydrogen-bond acceptors (Lipinski definition) is 4. The molecule has 8 heteroatoms. The Balaban J connectivity index is 1.85. The smallest absolute Gasteiger partial charge is 0.249 e. The summed E-state index contributed by atoms with van der Waals surface area (Å²) in [6, 6.07) is 13.4. The van der Waals surface area contributed by atoms with Crippen LogP contribution in [0, 0.1) is 23.0 Å². The molecule has 0 fully saturated rings. The summed E-state index contributed by atoms with van der Waals surface area (Å²) in [7, 11) is 0. The SMILES string of the molecule is CCCN(CCC)C(=O)C1=CC(C)=CC(C(N)=O)([C@H](Cc2cc(F)cc(F)c2)[C@@H](O)CNCCCCc2ccccc2)C1. The monoisotopic (exact) mass is 595 g/mol. The zero-order valence-corrected chi connectivity index (χ0v) is 25.8. The molecule has 3 atom stereocenters. The summed E-state index contributed by atoms with van der Waals surface area (Å²) >= 11 is 0. The van der Waals surface area contributed by atoms with Gasteiger partial charge in [0, 0.05) is 37.2 Å². The molecule has 3 rings (SSSR count). The molecule has 0 aromatic heterocycles. The molecule has 0 aliphatic heterocycles. The van der Waals surface area contributed by atoms with Crippen molar-refractivity contribution in [3.05, 3.63) is 94.6 Å². The average Bonchev–Trinajstić information content (AvgIpc) is 2.96. The first-order valence-electron chi connectivity index (χ1n) is 15.5. The van der Waals surface area contributed by atoms with Crippen LogP contribution in [0.2, 0.25) is 0 Å². The lowest BCUT2D eigenvalue weighted by molar-refractivity contribution is -0.132. The Kier molecular flexibility index (Phi) is 13.1. The fraction of sp³-hybridized carbons (Fsp3) is 0.486. The lowest BCUT2D eigenvalue weighted by atomic mass is 9.63. The molecule has 1 aliphatic rings. The van der Waals surface area contributed by atoms with E-state index >= 15 is 0 Å². The number of halogens is 2. The van der Waals surface area contributed by atoms with Gasteiger partial charge in [-0.05, 0) is 81.7 Å². The topological polar surface area (TPSA) is 95.7 Å². The Morgan fingerprint density at radius 2 is 1.67 bits per heavy atom. The van der Waals surface area contributed by atoms with Crippen molar-refractivity contribution in [1.82, 2.24) is 10.2 Å². The standard InChI is InChI=1S/C35H47F2N3O3/c1-4-15-40(16-5-2)33(42)28-17-25(3)22-35(23-28,34(38)43)31(20-27-18-29(36)21-30(37)19-27)32(41)24-39-14-10-9-13-26-11-7-6-8-12-26/h6-8,11-12,17-19,21-22,31-32,39,41H,4-5,9-10,13-16,20,23-24H2,1-3H3,(H2,38,43)/t31-,32+,35?/m1/s1. The predicted molar refractivity (Wildman–Crippen MR) is 167 cm³/mol. The molecular weight excluding hydrogens is 548 g/mol. The molecule has 2 aromatic rings. The fourth-order valence-electron chi connectivity index (χ4n) is 6.17. The molecule has 0 saturated heterocycles. The highest BCUT2D eigenvalue weighted by atomic mass is 19.1. The van der Waals surface area contributed by atoms with Crippen LogP contribution in [-0.4, -0.2) is 54.1 Å². The van der Waals surface area contributed by atoms with E-state index in [1.54, 1.807) is 24.0 Å². The van der Waals surface area contributed by atoms with Crippen LogP contribution < -0.4 is 11.1 Å². The van der Waals surface area contributed by atoms with Gasteiger partial charge in [0.15, 0.2) is 0 Å². The van der Waals surface area contributed by atoms with Gasteiger partial charge in [-0.15, -0.1) is 0 Å². The minimum atomic E-state index is -1.44. The van der Waals surface area contributed by atoms with Crippen molar-refractivity contribution in [3.8, 4) is 0 Å². The van der Waals surface area contributed by atoms with Crippen molar-refractivity contribution in [2.24, 2.45) is 17.1 Å². The summed E-state index contributed by atoms with van der Waals surface area (Å²) in [6.07, 6.45) is 6.78. The highest BCUT2D eigenvalue weighted by molar-refractivity contribution is 5.96. The van der Waals surface area contributed by atoms with Crippen molar-refractivity contribution in [2.75, 3.05) is 26.2 Å². The maximum absolute atomic E-state index is 14.2. The van der Waals surface area contributed by atoms with Crippen molar-refractivity contribution in [1.29, 1.82) is 0 Å². The summed E-state index contributed by atoms with van der Waals surface area (Å²) in [5.74, 6) is -3.18. The minimum Gasteiger partial charge on any atom is -0.391 e. The van der Waals surface area contributed by atoms with E-state index in [0.717, 1.165) is 38.2 Å².